The van der Waals surface area contributed by atoms with Crippen LogP contribution in [0, 0.1) is 5.41 Å². The highest BCUT2D eigenvalue weighted by Gasteiger charge is 2.51. The Bertz CT molecular complexity index is 484. The lowest BCUT2D eigenvalue weighted by molar-refractivity contribution is -0.184. The Morgan fingerprint density at radius 1 is 1.37 bits per heavy atom. The number of hydrogen-bond acceptors (Lipinski definition) is 5. The quantitative estimate of drug-likeness (QED) is 0.820. The molecular formula is C13H17NO5. The molecule has 1 unspecified atom stereocenters. The van der Waals surface area contributed by atoms with Crippen molar-refractivity contribution < 1.29 is 24.1 Å². The summed E-state index contributed by atoms with van der Waals surface area (Å²) in [7, 11) is 3.06. The molecule has 0 saturated carbocycles. The molecular weight excluding hydrogens is 250 g/mol. The van der Waals surface area contributed by atoms with Gasteiger partial charge in [-0.15, -0.1) is 0 Å². The number of carboxylic acid groups (broad SMARTS) is 1. The van der Waals surface area contributed by atoms with Gasteiger partial charge in [-0.2, -0.15) is 0 Å². The van der Waals surface area contributed by atoms with E-state index in [1.54, 1.807) is 18.2 Å². The average Bonchev–Trinajstić information content (AvgIpc) is 2.35. The third-order valence-corrected chi connectivity index (χ3v) is 3.51. The zero-order valence-electron chi connectivity index (χ0n) is 10.9. The molecule has 2 rings (SSSR count). The monoisotopic (exact) mass is 267 g/mol. The van der Waals surface area contributed by atoms with Crippen molar-refractivity contribution in [1.29, 1.82) is 0 Å². The Kier molecular flexibility index (Phi) is 3.64. The van der Waals surface area contributed by atoms with Crippen LogP contribution in [0.5, 0.6) is 11.5 Å². The summed E-state index contributed by atoms with van der Waals surface area (Å²) >= 11 is 0. The number of benzene rings is 1. The van der Waals surface area contributed by atoms with Crippen LogP contribution in [0.2, 0.25) is 0 Å². The molecule has 1 aromatic rings. The highest BCUT2D eigenvalue weighted by molar-refractivity contribution is 5.77. The number of hydrogen-bond donors (Lipinski definition) is 2. The van der Waals surface area contributed by atoms with E-state index in [-0.39, 0.29) is 13.2 Å². The molecule has 1 aromatic carbocycles. The minimum absolute atomic E-state index is 0.123. The van der Waals surface area contributed by atoms with Gasteiger partial charge >= 0.3 is 5.97 Å². The maximum Gasteiger partial charge on any atom is 0.316 e. The van der Waals surface area contributed by atoms with Crippen LogP contribution < -0.4 is 15.2 Å². The van der Waals surface area contributed by atoms with Gasteiger partial charge in [-0.3, -0.25) is 4.79 Å². The largest absolute Gasteiger partial charge is 0.493 e. The summed E-state index contributed by atoms with van der Waals surface area (Å²) in [6.45, 7) is 0.246. The smallest absolute Gasteiger partial charge is 0.316 e. The predicted octanol–water partition coefficient (Wildman–Crippen LogP) is 0.805. The van der Waals surface area contributed by atoms with Crippen LogP contribution in [0.4, 0.5) is 0 Å². The summed E-state index contributed by atoms with van der Waals surface area (Å²) in [6, 6.07) is 4.50. The van der Waals surface area contributed by atoms with Gasteiger partial charge in [0.2, 0.25) is 0 Å². The first-order valence-electron chi connectivity index (χ1n) is 5.84. The van der Waals surface area contributed by atoms with E-state index >= 15 is 0 Å². The Hall–Kier alpha value is -1.79. The van der Waals surface area contributed by atoms with Crippen LogP contribution in [0.1, 0.15) is 11.6 Å². The van der Waals surface area contributed by atoms with Crippen molar-refractivity contribution in [2.75, 3.05) is 27.4 Å². The Morgan fingerprint density at radius 3 is 2.42 bits per heavy atom. The fraction of sp³-hybridized carbons (Fsp3) is 0.462. The molecule has 0 spiro atoms. The fourth-order valence-corrected chi connectivity index (χ4v) is 2.12. The zero-order chi connectivity index (χ0) is 14.0. The SMILES string of the molecule is COc1ccc(C(N)C2(C(=O)O)COC2)cc1OC. The molecule has 0 amide bonds. The van der Waals surface area contributed by atoms with Crippen molar-refractivity contribution >= 4 is 5.97 Å². The Labute approximate surface area is 111 Å². The van der Waals surface area contributed by atoms with Crippen LogP contribution >= 0.6 is 0 Å². The normalized spacial score (nSPS) is 18.3. The van der Waals surface area contributed by atoms with E-state index in [0.717, 1.165) is 0 Å². The molecule has 3 N–H and O–H groups in total. The van der Waals surface area contributed by atoms with E-state index in [9.17, 15) is 9.90 Å². The number of aliphatic carboxylic acids is 1. The fourth-order valence-electron chi connectivity index (χ4n) is 2.12. The Balaban J connectivity index is 2.33. The molecule has 1 aliphatic rings. The zero-order valence-corrected chi connectivity index (χ0v) is 10.9. The van der Waals surface area contributed by atoms with Gasteiger partial charge in [0.1, 0.15) is 5.41 Å². The van der Waals surface area contributed by atoms with Crippen LogP contribution in [-0.2, 0) is 9.53 Å². The number of carbonyl (C=O) groups is 1. The highest BCUT2D eigenvalue weighted by atomic mass is 16.5. The molecule has 0 radical (unpaired) electrons. The second kappa shape index (κ2) is 5.07. The second-order valence-electron chi connectivity index (χ2n) is 4.55. The summed E-state index contributed by atoms with van der Waals surface area (Å²) in [5.41, 5.74) is 5.72. The molecule has 0 aliphatic carbocycles. The molecule has 6 heteroatoms. The molecule has 6 nitrogen and oxygen atoms in total. The minimum atomic E-state index is -1.06. The molecule has 0 aromatic heterocycles. The summed E-state index contributed by atoms with van der Waals surface area (Å²) in [5.74, 6) is 0.157. The van der Waals surface area contributed by atoms with Crippen LogP contribution in [0.15, 0.2) is 18.2 Å². The molecule has 0 bridgehead atoms. The van der Waals surface area contributed by atoms with Gasteiger partial charge in [-0.25, -0.2) is 0 Å². The first-order valence-corrected chi connectivity index (χ1v) is 5.84. The van der Waals surface area contributed by atoms with Crippen molar-refractivity contribution in [3.8, 4) is 11.5 Å². The highest BCUT2D eigenvalue weighted by Crippen LogP contribution is 2.41. The van der Waals surface area contributed by atoms with Crippen molar-refractivity contribution in [3.63, 3.8) is 0 Å². The van der Waals surface area contributed by atoms with Gasteiger partial charge in [0.15, 0.2) is 11.5 Å². The van der Waals surface area contributed by atoms with Crippen molar-refractivity contribution in [2.24, 2.45) is 11.1 Å². The summed E-state index contributed by atoms with van der Waals surface area (Å²) in [6.07, 6.45) is 0. The number of methoxy groups -OCH3 is 2. The van der Waals surface area contributed by atoms with Crippen molar-refractivity contribution in [1.82, 2.24) is 0 Å². The summed E-state index contributed by atoms with van der Waals surface area (Å²) in [4.78, 5) is 11.4. The standard InChI is InChI=1S/C13H17NO5/c1-17-9-4-3-8(5-10(9)18-2)11(14)13(12(15)16)6-19-7-13/h3-5,11H,6-7,14H2,1-2H3,(H,15,16). The van der Waals surface area contributed by atoms with Crippen LogP contribution in [0.25, 0.3) is 0 Å². The van der Waals surface area contributed by atoms with E-state index in [1.165, 1.54) is 14.2 Å². The lowest BCUT2D eigenvalue weighted by Gasteiger charge is -2.42. The van der Waals surface area contributed by atoms with E-state index in [0.29, 0.717) is 17.1 Å². The molecule has 1 atom stereocenters. The number of ether oxygens (including phenoxy) is 3. The number of rotatable bonds is 5. The lowest BCUT2D eigenvalue weighted by Crippen LogP contribution is -2.55. The summed E-state index contributed by atoms with van der Waals surface area (Å²) in [5, 5.41) is 9.33. The van der Waals surface area contributed by atoms with Crippen LogP contribution in [0.3, 0.4) is 0 Å². The van der Waals surface area contributed by atoms with Gasteiger partial charge in [0.05, 0.1) is 33.5 Å². The van der Waals surface area contributed by atoms with Gasteiger partial charge < -0.3 is 25.1 Å². The maximum absolute atomic E-state index is 11.4. The number of nitrogens with two attached hydrogens (primary N) is 1. The van der Waals surface area contributed by atoms with E-state index < -0.39 is 17.4 Å². The third-order valence-electron chi connectivity index (χ3n) is 3.51. The molecule has 19 heavy (non-hydrogen) atoms. The van der Waals surface area contributed by atoms with E-state index in [2.05, 4.69) is 0 Å². The molecule has 1 aliphatic heterocycles. The van der Waals surface area contributed by atoms with Crippen molar-refractivity contribution in [3.05, 3.63) is 23.8 Å². The minimum Gasteiger partial charge on any atom is -0.493 e. The lowest BCUT2D eigenvalue weighted by atomic mass is 9.75. The van der Waals surface area contributed by atoms with E-state index in [1.807, 2.05) is 0 Å². The number of carboxylic acids is 1. The second-order valence-corrected chi connectivity index (χ2v) is 4.55. The van der Waals surface area contributed by atoms with Gasteiger partial charge in [0.25, 0.3) is 0 Å². The van der Waals surface area contributed by atoms with E-state index in [4.69, 9.17) is 19.9 Å². The average molecular weight is 267 g/mol. The van der Waals surface area contributed by atoms with Crippen LogP contribution in [-0.4, -0.2) is 38.5 Å². The summed E-state index contributed by atoms with van der Waals surface area (Å²) < 4.78 is 15.4. The molecule has 1 heterocycles. The Morgan fingerprint density at radius 2 is 2.00 bits per heavy atom. The first-order chi connectivity index (χ1) is 9.05. The molecule has 1 fully saturated rings. The van der Waals surface area contributed by atoms with Gasteiger partial charge in [-0.1, -0.05) is 6.07 Å². The maximum atomic E-state index is 11.4. The van der Waals surface area contributed by atoms with Gasteiger partial charge in [-0.05, 0) is 17.7 Å². The first kappa shape index (κ1) is 13.6. The van der Waals surface area contributed by atoms with Crippen molar-refractivity contribution in [2.45, 2.75) is 6.04 Å². The molecule has 104 valence electrons. The predicted molar refractivity (Wildman–Crippen MR) is 67.4 cm³/mol. The van der Waals surface area contributed by atoms with Gasteiger partial charge in [0, 0.05) is 0 Å². The topological polar surface area (TPSA) is 91.0 Å². The third kappa shape index (κ3) is 2.13. The molecule has 1 saturated heterocycles.